The topological polar surface area (TPSA) is 12.0 Å². The van der Waals surface area contributed by atoms with Gasteiger partial charge in [-0.1, -0.05) is 38.3 Å². The quantitative estimate of drug-likeness (QED) is 0.733. The minimum absolute atomic E-state index is 0.553. The van der Waals surface area contributed by atoms with Gasteiger partial charge in [0.05, 0.1) is 0 Å². The monoisotopic (exact) mass is 303 g/mol. The highest BCUT2D eigenvalue weighted by Gasteiger charge is 2.07. The smallest absolute Gasteiger partial charge is 0.0487 e. The highest BCUT2D eigenvalue weighted by atomic mass is 79.9. The summed E-state index contributed by atoms with van der Waals surface area (Å²) >= 11 is 9.44. The molecule has 16 heavy (non-hydrogen) atoms. The summed E-state index contributed by atoms with van der Waals surface area (Å²) in [6.07, 6.45) is 4.90. The fourth-order valence-corrected chi connectivity index (χ4v) is 2.45. The summed E-state index contributed by atoms with van der Waals surface area (Å²) in [6, 6.07) is 6.43. The van der Waals surface area contributed by atoms with Crippen molar-refractivity contribution < 1.29 is 0 Å². The maximum absolute atomic E-state index is 5.91. The number of hydrogen-bond acceptors (Lipinski definition) is 1. The van der Waals surface area contributed by atoms with Gasteiger partial charge in [-0.05, 0) is 47.0 Å². The van der Waals surface area contributed by atoms with Crippen LogP contribution in [0.3, 0.4) is 0 Å². The molecule has 0 saturated heterocycles. The van der Waals surface area contributed by atoms with Crippen LogP contribution < -0.4 is 5.32 Å². The van der Waals surface area contributed by atoms with Crippen molar-refractivity contribution >= 4 is 33.2 Å². The molecule has 0 aliphatic heterocycles. The molecule has 1 unspecified atom stereocenters. The van der Waals surface area contributed by atoms with E-state index in [1.165, 1.54) is 19.3 Å². The van der Waals surface area contributed by atoms with Crippen LogP contribution in [0.25, 0.3) is 0 Å². The van der Waals surface area contributed by atoms with Crippen molar-refractivity contribution in [3.05, 3.63) is 27.7 Å². The molecule has 1 aromatic rings. The molecule has 0 saturated carbocycles. The van der Waals surface area contributed by atoms with Crippen LogP contribution in [0.5, 0.6) is 0 Å². The average molecular weight is 305 g/mol. The molecule has 0 heterocycles. The van der Waals surface area contributed by atoms with Crippen LogP contribution in [0.15, 0.2) is 22.7 Å². The van der Waals surface area contributed by atoms with Crippen LogP contribution >= 0.6 is 27.5 Å². The zero-order chi connectivity index (χ0) is 12.0. The minimum atomic E-state index is 0.553. The van der Waals surface area contributed by atoms with Crippen LogP contribution in [0.1, 0.15) is 39.5 Å². The maximum Gasteiger partial charge on any atom is 0.0487 e. The Morgan fingerprint density at radius 2 is 2.12 bits per heavy atom. The lowest BCUT2D eigenvalue weighted by Gasteiger charge is -2.19. The number of halogens is 2. The predicted molar refractivity (Wildman–Crippen MR) is 76.4 cm³/mol. The van der Waals surface area contributed by atoms with E-state index in [1.54, 1.807) is 0 Å². The molecule has 1 N–H and O–H groups in total. The first-order chi connectivity index (χ1) is 7.67. The van der Waals surface area contributed by atoms with Gasteiger partial charge in [0.2, 0.25) is 0 Å². The third-order valence-electron chi connectivity index (χ3n) is 2.69. The first-order valence-electron chi connectivity index (χ1n) is 5.89. The van der Waals surface area contributed by atoms with Gasteiger partial charge in [-0.3, -0.25) is 0 Å². The van der Waals surface area contributed by atoms with E-state index in [2.05, 4.69) is 35.1 Å². The lowest BCUT2D eigenvalue weighted by Crippen LogP contribution is -2.18. The summed E-state index contributed by atoms with van der Waals surface area (Å²) in [5.41, 5.74) is 1.13. The van der Waals surface area contributed by atoms with Crippen LogP contribution in [0.4, 0.5) is 5.69 Å². The van der Waals surface area contributed by atoms with Gasteiger partial charge in [0.1, 0.15) is 0 Å². The number of anilines is 1. The highest BCUT2D eigenvalue weighted by molar-refractivity contribution is 9.10. The van der Waals surface area contributed by atoms with E-state index in [1.807, 2.05) is 18.2 Å². The van der Waals surface area contributed by atoms with Crippen LogP contribution in [0.2, 0.25) is 5.02 Å². The van der Waals surface area contributed by atoms with Crippen molar-refractivity contribution in [3.63, 3.8) is 0 Å². The molecule has 0 amide bonds. The zero-order valence-corrected chi connectivity index (χ0v) is 12.2. The molecule has 1 nitrogen and oxygen atoms in total. The second-order valence-corrected chi connectivity index (χ2v) is 5.31. The molecular weight excluding hydrogens is 286 g/mol. The van der Waals surface area contributed by atoms with Gasteiger partial charge in [-0.15, -0.1) is 0 Å². The van der Waals surface area contributed by atoms with Crippen molar-refractivity contribution in [2.45, 2.75) is 45.6 Å². The van der Waals surface area contributed by atoms with Gasteiger partial charge in [0.15, 0.2) is 0 Å². The first-order valence-corrected chi connectivity index (χ1v) is 7.06. The van der Waals surface area contributed by atoms with E-state index >= 15 is 0 Å². The molecule has 0 aromatic heterocycles. The fraction of sp³-hybridized carbons (Fsp3) is 0.538. The first kappa shape index (κ1) is 13.9. The number of hydrogen-bond donors (Lipinski definition) is 1. The lowest BCUT2D eigenvalue weighted by molar-refractivity contribution is 0.593. The highest BCUT2D eigenvalue weighted by Crippen LogP contribution is 2.27. The van der Waals surface area contributed by atoms with Gasteiger partial charge in [0.25, 0.3) is 0 Å². The Hall–Kier alpha value is -0.210. The molecule has 1 aromatic carbocycles. The summed E-state index contributed by atoms with van der Waals surface area (Å²) in [5.74, 6) is 0. The van der Waals surface area contributed by atoms with Crippen LogP contribution in [0, 0.1) is 0 Å². The summed E-state index contributed by atoms with van der Waals surface area (Å²) in [6.45, 7) is 4.45. The molecule has 3 heteroatoms. The summed E-state index contributed by atoms with van der Waals surface area (Å²) in [4.78, 5) is 0. The van der Waals surface area contributed by atoms with Gasteiger partial charge in [-0.2, -0.15) is 0 Å². The van der Waals surface area contributed by atoms with Crippen LogP contribution in [-0.2, 0) is 0 Å². The Bertz CT molecular complexity index is 328. The van der Waals surface area contributed by atoms with Crippen molar-refractivity contribution in [1.82, 2.24) is 0 Å². The number of benzene rings is 1. The Balaban J connectivity index is 2.62. The molecule has 90 valence electrons. The minimum Gasteiger partial charge on any atom is -0.381 e. The van der Waals surface area contributed by atoms with Crippen molar-refractivity contribution in [2.75, 3.05) is 5.32 Å². The van der Waals surface area contributed by atoms with Crippen molar-refractivity contribution in [1.29, 1.82) is 0 Å². The molecule has 0 fully saturated rings. The Labute approximate surface area is 112 Å². The summed E-state index contributed by atoms with van der Waals surface area (Å²) in [7, 11) is 0. The number of rotatable bonds is 6. The van der Waals surface area contributed by atoms with Crippen molar-refractivity contribution in [3.8, 4) is 0 Å². The largest absolute Gasteiger partial charge is 0.381 e. The lowest BCUT2D eigenvalue weighted by atomic mass is 10.1. The van der Waals surface area contributed by atoms with E-state index in [0.29, 0.717) is 6.04 Å². The molecule has 0 aliphatic carbocycles. The fourth-order valence-electron chi connectivity index (χ4n) is 1.66. The number of unbranched alkanes of at least 4 members (excludes halogenated alkanes) is 1. The van der Waals surface area contributed by atoms with E-state index in [9.17, 15) is 0 Å². The SMILES string of the molecule is CCCCC(CC)Nc1ccc(Cl)cc1Br. The zero-order valence-electron chi connectivity index (χ0n) is 9.89. The second-order valence-electron chi connectivity index (χ2n) is 4.02. The van der Waals surface area contributed by atoms with Gasteiger partial charge in [0, 0.05) is 21.2 Å². The third-order valence-corrected chi connectivity index (χ3v) is 3.58. The normalized spacial score (nSPS) is 12.5. The van der Waals surface area contributed by atoms with E-state index in [0.717, 1.165) is 21.6 Å². The molecule has 0 bridgehead atoms. The van der Waals surface area contributed by atoms with E-state index < -0.39 is 0 Å². The summed E-state index contributed by atoms with van der Waals surface area (Å²) < 4.78 is 1.04. The van der Waals surface area contributed by atoms with Gasteiger partial charge < -0.3 is 5.32 Å². The average Bonchev–Trinajstić information content (AvgIpc) is 2.27. The van der Waals surface area contributed by atoms with Gasteiger partial charge >= 0.3 is 0 Å². The third kappa shape index (κ3) is 4.34. The van der Waals surface area contributed by atoms with Gasteiger partial charge in [-0.25, -0.2) is 0 Å². The van der Waals surface area contributed by atoms with E-state index in [4.69, 9.17) is 11.6 Å². The standard InChI is InChI=1S/C13H19BrClN/c1-3-5-6-11(4-2)16-13-8-7-10(15)9-12(13)14/h7-9,11,16H,3-6H2,1-2H3. The molecule has 0 radical (unpaired) electrons. The van der Waals surface area contributed by atoms with Crippen LogP contribution in [-0.4, -0.2) is 6.04 Å². The molecule has 0 spiro atoms. The Morgan fingerprint density at radius 3 is 2.69 bits per heavy atom. The Kier molecular flexibility index (Phi) is 6.22. The molecule has 0 aliphatic rings. The van der Waals surface area contributed by atoms with E-state index in [-0.39, 0.29) is 0 Å². The Morgan fingerprint density at radius 1 is 1.38 bits per heavy atom. The summed E-state index contributed by atoms with van der Waals surface area (Å²) in [5, 5.41) is 4.32. The maximum atomic E-state index is 5.91. The predicted octanol–water partition coefficient (Wildman–Crippen LogP) is 5.48. The number of nitrogens with one attached hydrogen (secondary N) is 1. The second kappa shape index (κ2) is 7.18. The molecular formula is C13H19BrClN. The molecule has 1 atom stereocenters. The van der Waals surface area contributed by atoms with Crippen molar-refractivity contribution in [2.24, 2.45) is 0 Å². The molecule has 1 rings (SSSR count).